The number of allylic oxidation sites excluding steroid dienone is 1. The Kier molecular flexibility index (Phi) is 13.4. The van der Waals surface area contributed by atoms with Crippen molar-refractivity contribution < 1.29 is 19.2 Å². The van der Waals surface area contributed by atoms with Crippen molar-refractivity contribution in [3.8, 4) is 0 Å². The first-order chi connectivity index (χ1) is 21.3. The predicted octanol–water partition coefficient (Wildman–Crippen LogP) is 5.27. The van der Waals surface area contributed by atoms with Crippen LogP contribution >= 0.6 is 0 Å². The molecule has 0 radical (unpaired) electrons. The molecule has 4 N–H and O–H groups in total. The monoisotopic (exact) mass is 602 g/mol. The minimum absolute atomic E-state index is 0.0976. The van der Waals surface area contributed by atoms with Gasteiger partial charge in [0.05, 0.1) is 18.2 Å². The maximum atomic E-state index is 15.0. The van der Waals surface area contributed by atoms with Crippen LogP contribution in [0.15, 0.2) is 72.9 Å². The number of hydrogen-bond acceptors (Lipinski definition) is 7. The summed E-state index contributed by atoms with van der Waals surface area (Å²) in [6.45, 7) is 7.92. The number of ketones is 1. The zero-order valence-electron chi connectivity index (χ0n) is 26.2. The van der Waals surface area contributed by atoms with Gasteiger partial charge in [0, 0.05) is 6.20 Å². The Bertz CT molecular complexity index is 1360. The van der Waals surface area contributed by atoms with Crippen molar-refractivity contribution in [3.63, 3.8) is 0 Å². The largest absolute Gasteiger partial charge is 0.296 e. The number of aryl methyl sites for hydroxylation is 1. The number of hydrogen-bond donors (Lipinski definition) is 3. The average molecular weight is 603 g/mol. The SMILES string of the molecule is CCCC(CC(CC)CC)(C(=O)NN)C(=O)[C@@H]([C@H](C/C=C/c1ccccc1)C(=O)NOCc1ccccc1)n1cc(C)nn1. The van der Waals surface area contributed by atoms with E-state index in [2.05, 4.69) is 21.2 Å². The summed E-state index contributed by atoms with van der Waals surface area (Å²) < 4.78 is 1.41. The number of nitrogens with two attached hydrogens (primary N) is 1. The van der Waals surface area contributed by atoms with Crippen LogP contribution in [0.1, 0.15) is 82.2 Å². The number of Topliss-reactive ketones (excluding diaryl/α,β-unsaturated/α-hetero) is 1. The first-order valence-corrected chi connectivity index (χ1v) is 15.4. The highest BCUT2D eigenvalue weighted by molar-refractivity contribution is 6.08. The summed E-state index contributed by atoms with van der Waals surface area (Å²) in [6, 6.07) is 18.0. The minimum Gasteiger partial charge on any atom is -0.296 e. The molecule has 0 bridgehead atoms. The summed E-state index contributed by atoms with van der Waals surface area (Å²) in [6.07, 6.45) is 8.27. The molecule has 1 heterocycles. The molecule has 0 aliphatic carbocycles. The number of aromatic nitrogens is 3. The molecule has 236 valence electrons. The lowest BCUT2D eigenvalue weighted by Gasteiger charge is -2.37. The van der Waals surface area contributed by atoms with Gasteiger partial charge >= 0.3 is 0 Å². The summed E-state index contributed by atoms with van der Waals surface area (Å²) >= 11 is 0. The molecule has 44 heavy (non-hydrogen) atoms. The van der Waals surface area contributed by atoms with Crippen LogP contribution in [0.4, 0.5) is 0 Å². The molecule has 0 aliphatic rings. The van der Waals surface area contributed by atoms with Gasteiger partial charge in [0.1, 0.15) is 11.5 Å². The molecule has 2 aromatic carbocycles. The number of nitrogens with zero attached hydrogens (tertiary/aromatic N) is 3. The molecule has 0 spiro atoms. The van der Waals surface area contributed by atoms with Crippen LogP contribution in [0.5, 0.6) is 0 Å². The van der Waals surface area contributed by atoms with Gasteiger partial charge in [0.15, 0.2) is 5.78 Å². The second-order valence-corrected chi connectivity index (χ2v) is 11.2. The second-order valence-electron chi connectivity index (χ2n) is 11.2. The quantitative estimate of drug-likeness (QED) is 0.0780. The molecule has 3 atom stereocenters. The number of carbonyl (C=O) groups excluding carboxylic acids is 3. The Balaban J connectivity index is 2.08. The summed E-state index contributed by atoms with van der Waals surface area (Å²) in [5.41, 5.74) is 5.77. The van der Waals surface area contributed by atoms with E-state index in [1.807, 2.05) is 93.6 Å². The van der Waals surface area contributed by atoms with Crippen LogP contribution in [-0.4, -0.2) is 32.6 Å². The van der Waals surface area contributed by atoms with Crippen LogP contribution in [-0.2, 0) is 25.8 Å². The van der Waals surface area contributed by atoms with Gasteiger partial charge < -0.3 is 0 Å². The minimum atomic E-state index is -1.47. The average Bonchev–Trinajstić information content (AvgIpc) is 3.48. The van der Waals surface area contributed by atoms with Gasteiger partial charge in [-0.2, -0.15) is 0 Å². The number of amides is 2. The topological polar surface area (TPSA) is 141 Å². The van der Waals surface area contributed by atoms with Gasteiger partial charge in [0.25, 0.3) is 0 Å². The van der Waals surface area contributed by atoms with Crippen LogP contribution in [0, 0.1) is 24.2 Å². The number of hydroxylamine groups is 1. The van der Waals surface area contributed by atoms with Crippen LogP contribution in [0.25, 0.3) is 6.08 Å². The Morgan fingerprint density at radius 1 is 1.02 bits per heavy atom. The van der Waals surface area contributed by atoms with Crippen molar-refractivity contribution in [1.82, 2.24) is 25.9 Å². The zero-order chi connectivity index (χ0) is 32.0. The number of nitrogens with one attached hydrogen (secondary N) is 2. The Labute approximate surface area is 260 Å². The molecule has 10 heteroatoms. The molecule has 1 aromatic heterocycles. The smallest absolute Gasteiger partial charge is 0.249 e. The third-order valence-electron chi connectivity index (χ3n) is 8.16. The molecule has 10 nitrogen and oxygen atoms in total. The van der Waals surface area contributed by atoms with Crippen molar-refractivity contribution in [1.29, 1.82) is 0 Å². The van der Waals surface area contributed by atoms with E-state index >= 15 is 0 Å². The molecular formula is C34H46N6O4. The fourth-order valence-corrected chi connectivity index (χ4v) is 5.69. The lowest BCUT2D eigenvalue weighted by atomic mass is 9.67. The van der Waals surface area contributed by atoms with E-state index in [0.717, 1.165) is 24.0 Å². The lowest BCUT2D eigenvalue weighted by Crippen LogP contribution is -2.54. The van der Waals surface area contributed by atoms with Crippen molar-refractivity contribution in [2.24, 2.45) is 23.1 Å². The fourth-order valence-electron chi connectivity index (χ4n) is 5.69. The first-order valence-electron chi connectivity index (χ1n) is 15.4. The molecule has 1 unspecified atom stereocenters. The lowest BCUT2D eigenvalue weighted by molar-refractivity contribution is -0.152. The standard InChI is InChI=1S/C34H46N6O4/c1-5-21-34(33(43)36-35,22-26(6-2)7-3)31(41)30(40-23-25(4)37-39-40)29(20-14-19-27-15-10-8-11-16-27)32(42)38-44-24-28-17-12-9-13-18-28/h8-19,23,26,29-30H,5-7,20-22,24,35H2,1-4H3,(H,36,43)(H,38,42)/b19-14+/t29-,30+,34?/m0/s1. The van der Waals surface area contributed by atoms with E-state index in [-0.39, 0.29) is 25.4 Å². The number of benzene rings is 2. The molecule has 3 rings (SSSR count). The van der Waals surface area contributed by atoms with Gasteiger partial charge in [-0.3, -0.25) is 24.6 Å². The van der Waals surface area contributed by atoms with E-state index in [4.69, 9.17) is 10.7 Å². The van der Waals surface area contributed by atoms with Gasteiger partial charge in [0.2, 0.25) is 11.8 Å². The number of hydrazine groups is 1. The van der Waals surface area contributed by atoms with E-state index in [1.54, 1.807) is 13.1 Å². The number of rotatable bonds is 18. The van der Waals surface area contributed by atoms with E-state index in [9.17, 15) is 14.4 Å². The van der Waals surface area contributed by atoms with Gasteiger partial charge in [-0.15, -0.1) is 5.10 Å². The third-order valence-corrected chi connectivity index (χ3v) is 8.16. The van der Waals surface area contributed by atoms with Crippen molar-refractivity contribution in [2.45, 2.75) is 78.9 Å². The number of carbonyl (C=O) groups is 3. The van der Waals surface area contributed by atoms with Crippen LogP contribution in [0.3, 0.4) is 0 Å². The van der Waals surface area contributed by atoms with Crippen LogP contribution in [0.2, 0.25) is 0 Å². The van der Waals surface area contributed by atoms with Gasteiger partial charge in [-0.25, -0.2) is 16.0 Å². The molecule has 0 saturated heterocycles. The highest BCUT2D eigenvalue weighted by atomic mass is 16.6. The second kappa shape index (κ2) is 17.2. The molecule has 0 saturated carbocycles. The first kappa shape index (κ1) is 34.3. The normalized spacial score (nSPS) is 14.2. The van der Waals surface area contributed by atoms with Crippen molar-refractivity contribution >= 4 is 23.7 Å². The summed E-state index contributed by atoms with van der Waals surface area (Å²) in [5, 5.41) is 8.38. The molecule has 2 amide bonds. The highest BCUT2D eigenvalue weighted by Gasteiger charge is 2.51. The predicted molar refractivity (Wildman–Crippen MR) is 170 cm³/mol. The molecule has 0 fully saturated rings. The molecule has 3 aromatic rings. The Morgan fingerprint density at radius 2 is 1.68 bits per heavy atom. The van der Waals surface area contributed by atoms with Crippen molar-refractivity contribution in [2.75, 3.05) is 0 Å². The zero-order valence-corrected chi connectivity index (χ0v) is 26.2. The maximum Gasteiger partial charge on any atom is 0.249 e. The summed E-state index contributed by atoms with van der Waals surface area (Å²) in [7, 11) is 0. The van der Waals surface area contributed by atoms with E-state index in [1.165, 1.54) is 4.68 Å². The highest BCUT2D eigenvalue weighted by Crippen LogP contribution is 2.41. The summed E-state index contributed by atoms with van der Waals surface area (Å²) in [5.74, 6) is 3.36. The maximum absolute atomic E-state index is 15.0. The van der Waals surface area contributed by atoms with Gasteiger partial charge in [-0.05, 0) is 43.2 Å². The van der Waals surface area contributed by atoms with E-state index in [0.29, 0.717) is 18.5 Å². The fraction of sp³-hybridized carbons (Fsp3) is 0.441. The Morgan fingerprint density at radius 3 is 2.25 bits per heavy atom. The van der Waals surface area contributed by atoms with Crippen LogP contribution < -0.4 is 16.7 Å². The van der Waals surface area contributed by atoms with Crippen molar-refractivity contribution in [3.05, 3.63) is 89.8 Å². The van der Waals surface area contributed by atoms with E-state index < -0.39 is 35.0 Å². The molecule has 0 aliphatic heterocycles. The Hall–Kier alpha value is -4.15. The summed E-state index contributed by atoms with van der Waals surface area (Å²) in [4.78, 5) is 48.2. The van der Waals surface area contributed by atoms with Gasteiger partial charge in [-0.1, -0.05) is 118 Å². The third kappa shape index (κ3) is 8.93. The molecular weight excluding hydrogens is 556 g/mol.